The number of hydrogen-bond acceptors (Lipinski definition) is 4. The summed E-state index contributed by atoms with van der Waals surface area (Å²) in [6.07, 6.45) is 3.20. The first-order valence-corrected chi connectivity index (χ1v) is 7.35. The van der Waals surface area contributed by atoms with Crippen LogP contribution in [0, 0.1) is 0 Å². The van der Waals surface area contributed by atoms with E-state index in [0.29, 0.717) is 24.4 Å². The zero-order valence-corrected chi connectivity index (χ0v) is 12.1. The Morgan fingerprint density at radius 3 is 2.85 bits per heavy atom. The van der Waals surface area contributed by atoms with Gasteiger partial charge >= 0.3 is 0 Å². The topological polar surface area (TPSA) is 51.0 Å². The number of aromatic nitrogens is 2. The number of hydrogen-bond donors (Lipinski definition) is 1. The van der Waals surface area contributed by atoms with Crippen LogP contribution in [0.25, 0.3) is 0 Å². The Kier molecular flexibility index (Phi) is 3.83. The highest BCUT2D eigenvalue weighted by atomic mass is 16.4. The summed E-state index contributed by atoms with van der Waals surface area (Å²) in [5.74, 6) is 1.85. The average molecular weight is 271 g/mol. The lowest BCUT2D eigenvalue weighted by atomic mass is 9.84. The van der Waals surface area contributed by atoms with Crippen LogP contribution in [0.3, 0.4) is 0 Å². The maximum Gasteiger partial charge on any atom is 0.230 e. The van der Waals surface area contributed by atoms with Gasteiger partial charge in [-0.2, -0.15) is 0 Å². The van der Waals surface area contributed by atoms with Gasteiger partial charge in [0.05, 0.1) is 6.54 Å². The monoisotopic (exact) mass is 271 g/mol. The first-order valence-electron chi connectivity index (χ1n) is 7.35. The highest BCUT2D eigenvalue weighted by Crippen LogP contribution is 2.31. The molecular weight excluding hydrogens is 250 g/mol. The molecule has 1 N–H and O–H groups in total. The van der Waals surface area contributed by atoms with Crippen LogP contribution >= 0.6 is 0 Å². The molecule has 1 aromatic heterocycles. The largest absolute Gasteiger partial charge is 0.424 e. The molecule has 0 saturated carbocycles. The Balaban J connectivity index is 1.69. The van der Waals surface area contributed by atoms with E-state index < -0.39 is 0 Å². The first-order chi connectivity index (χ1) is 9.72. The van der Waals surface area contributed by atoms with Crippen molar-refractivity contribution in [3.63, 3.8) is 0 Å². The SMILES string of the molecule is CC(C)NCc1nnc(C2CCc3ccccc3C2)o1. The van der Waals surface area contributed by atoms with E-state index in [1.807, 2.05) is 0 Å². The Morgan fingerprint density at radius 1 is 1.25 bits per heavy atom. The van der Waals surface area contributed by atoms with Gasteiger partial charge in [-0.05, 0) is 30.4 Å². The number of fused-ring (bicyclic) bond motifs is 1. The minimum atomic E-state index is 0.366. The molecule has 106 valence electrons. The second-order valence-corrected chi connectivity index (χ2v) is 5.78. The summed E-state index contributed by atoms with van der Waals surface area (Å²) in [5.41, 5.74) is 2.88. The van der Waals surface area contributed by atoms with Crippen molar-refractivity contribution in [1.29, 1.82) is 0 Å². The van der Waals surface area contributed by atoms with E-state index in [1.165, 1.54) is 11.1 Å². The van der Waals surface area contributed by atoms with Gasteiger partial charge in [0.25, 0.3) is 0 Å². The average Bonchev–Trinajstić information content (AvgIpc) is 2.93. The van der Waals surface area contributed by atoms with E-state index in [4.69, 9.17) is 4.42 Å². The van der Waals surface area contributed by atoms with Gasteiger partial charge in [0.15, 0.2) is 0 Å². The van der Waals surface area contributed by atoms with Crippen LogP contribution in [0.5, 0.6) is 0 Å². The standard InChI is InChI=1S/C16H21N3O/c1-11(2)17-10-15-18-19-16(20-15)14-8-7-12-5-3-4-6-13(12)9-14/h3-6,11,14,17H,7-10H2,1-2H3. The van der Waals surface area contributed by atoms with E-state index in [2.05, 4.69) is 53.6 Å². The second-order valence-electron chi connectivity index (χ2n) is 5.78. The minimum Gasteiger partial charge on any atom is -0.424 e. The number of benzene rings is 1. The predicted molar refractivity (Wildman–Crippen MR) is 77.5 cm³/mol. The maximum atomic E-state index is 5.80. The van der Waals surface area contributed by atoms with E-state index in [0.717, 1.165) is 25.2 Å². The highest BCUT2D eigenvalue weighted by Gasteiger charge is 2.24. The van der Waals surface area contributed by atoms with Crippen LogP contribution in [0.1, 0.15) is 49.1 Å². The molecule has 0 spiro atoms. The van der Waals surface area contributed by atoms with Crippen molar-refractivity contribution in [3.05, 3.63) is 47.2 Å². The van der Waals surface area contributed by atoms with E-state index >= 15 is 0 Å². The van der Waals surface area contributed by atoms with Crippen molar-refractivity contribution in [2.75, 3.05) is 0 Å². The lowest BCUT2D eigenvalue weighted by Gasteiger charge is -2.21. The Labute approximate surface area is 119 Å². The fraction of sp³-hybridized carbons (Fsp3) is 0.500. The van der Waals surface area contributed by atoms with Crippen LogP contribution in [0.15, 0.2) is 28.7 Å². The third-order valence-electron chi connectivity index (χ3n) is 3.84. The number of nitrogens with zero attached hydrogens (tertiary/aromatic N) is 2. The molecule has 1 aromatic carbocycles. The minimum absolute atomic E-state index is 0.366. The van der Waals surface area contributed by atoms with Crippen molar-refractivity contribution >= 4 is 0 Å². The molecule has 0 saturated heterocycles. The van der Waals surface area contributed by atoms with Crippen molar-refractivity contribution in [3.8, 4) is 0 Å². The Hall–Kier alpha value is -1.68. The molecule has 0 fully saturated rings. The van der Waals surface area contributed by atoms with E-state index in [1.54, 1.807) is 0 Å². The summed E-state index contributed by atoms with van der Waals surface area (Å²) < 4.78 is 5.80. The molecule has 20 heavy (non-hydrogen) atoms. The van der Waals surface area contributed by atoms with Gasteiger partial charge in [-0.1, -0.05) is 38.1 Å². The zero-order valence-electron chi connectivity index (χ0n) is 12.1. The van der Waals surface area contributed by atoms with Gasteiger partial charge in [-0.25, -0.2) is 0 Å². The molecule has 4 nitrogen and oxygen atoms in total. The van der Waals surface area contributed by atoms with Crippen molar-refractivity contribution in [2.45, 2.75) is 51.6 Å². The lowest BCUT2D eigenvalue weighted by Crippen LogP contribution is -2.21. The van der Waals surface area contributed by atoms with Crippen molar-refractivity contribution in [1.82, 2.24) is 15.5 Å². The second kappa shape index (κ2) is 5.75. The molecule has 0 bridgehead atoms. The van der Waals surface area contributed by atoms with Crippen molar-refractivity contribution in [2.24, 2.45) is 0 Å². The van der Waals surface area contributed by atoms with Gasteiger partial charge in [0.1, 0.15) is 0 Å². The van der Waals surface area contributed by atoms with Crippen LogP contribution in [-0.2, 0) is 19.4 Å². The van der Waals surface area contributed by atoms with Gasteiger partial charge in [-0.15, -0.1) is 10.2 Å². The van der Waals surface area contributed by atoms with Gasteiger partial charge < -0.3 is 9.73 Å². The molecule has 1 atom stereocenters. The van der Waals surface area contributed by atoms with E-state index in [9.17, 15) is 0 Å². The Morgan fingerprint density at radius 2 is 2.05 bits per heavy atom. The molecule has 1 aliphatic rings. The maximum absolute atomic E-state index is 5.80. The molecule has 1 unspecified atom stereocenters. The Bertz CT molecular complexity index is 577. The fourth-order valence-electron chi connectivity index (χ4n) is 2.70. The number of rotatable bonds is 4. The first kappa shape index (κ1) is 13.3. The highest BCUT2D eigenvalue weighted by molar-refractivity contribution is 5.31. The molecular formula is C16H21N3O. The molecule has 1 heterocycles. The van der Waals surface area contributed by atoms with Crippen LogP contribution in [-0.4, -0.2) is 16.2 Å². The summed E-state index contributed by atoms with van der Waals surface area (Å²) >= 11 is 0. The van der Waals surface area contributed by atoms with Crippen LogP contribution < -0.4 is 5.32 Å². The van der Waals surface area contributed by atoms with Gasteiger partial charge in [-0.3, -0.25) is 0 Å². The fourth-order valence-corrected chi connectivity index (χ4v) is 2.70. The predicted octanol–water partition coefficient (Wildman–Crippen LogP) is 2.84. The quantitative estimate of drug-likeness (QED) is 0.929. The zero-order chi connectivity index (χ0) is 13.9. The number of aryl methyl sites for hydroxylation is 1. The van der Waals surface area contributed by atoms with Crippen molar-refractivity contribution < 1.29 is 4.42 Å². The summed E-state index contributed by atoms with van der Waals surface area (Å²) in [7, 11) is 0. The summed E-state index contributed by atoms with van der Waals surface area (Å²) in [4.78, 5) is 0. The molecule has 1 aliphatic carbocycles. The lowest BCUT2D eigenvalue weighted by molar-refractivity contribution is 0.381. The summed E-state index contributed by atoms with van der Waals surface area (Å²) in [5, 5.41) is 11.7. The van der Waals surface area contributed by atoms with Crippen LogP contribution in [0.4, 0.5) is 0 Å². The smallest absolute Gasteiger partial charge is 0.230 e. The summed E-state index contributed by atoms with van der Waals surface area (Å²) in [6.45, 7) is 4.86. The van der Waals surface area contributed by atoms with E-state index in [-0.39, 0.29) is 0 Å². The third kappa shape index (κ3) is 2.90. The molecule has 0 radical (unpaired) electrons. The van der Waals surface area contributed by atoms with Gasteiger partial charge in [0, 0.05) is 12.0 Å². The van der Waals surface area contributed by atoms with Crippen LogP contribution in [0.2, 0.25) is 0 Å². The molecule has 0 aliphatic heterocycles. The molecule has 0 amide bonds. The molecule has 4 heteroatoms. The third-order valence-corrected chi connectivity index (χ3v) is 3.84. The molecule has 3 rings (SSSR count). The molecule has 2 aromatic rings. The normalized spacial score (nSPS) is 18.2. The van der Waals surface area contributed by atoms with Gasteiger partial charge in [0.2, 0.25) is 11.8 Å². The number of nitrogens with one attached hydrogen (secondary N) is 1. The summed E-state index contributed by atoms with van der Waals surface area (Å²) in [6, 6.07) is 9.07.